The molecular formula is C16H21FN2O. The van der Waals surface area contributed by atoms with E-state index in [9.17, 15) is 9.50 Å². The van der Waals surface area contributed by atoms with E-state index in [0.717, 1.165) is 13.0 Å². The van der Waals surface area contributed by atoms with Crippen molar-refractivity contribution in [1.82, 2.24) is 4.90 Å². The second kappa shape index (κ2) is 6.85. The molecule has 4 heteroatoms. The van der Waals surface area contributed by atoms with Crippen LogP contribution in [0.15, 0.2) is 18.2 Å². The van der Waals surface area contributed by atoms with Gasteiger partial charge in [-0.2, -0.15) is 0 Å². The number of hydrogen-bond donors (Lipinski definition) is 2. The van der Waals surface area contributed by atoms with Crippen LogP contribution in [0.1, 0.15) is 24.5 Å². The number of nitrogens with zero attached hydrogens (tertiary/aromatic N) is 1. The van der Waals surface area contributed by atoms with Crippen LogP contribution in [0.4, 0.5) is 4.39 Å². The minimum absolute atomic E-state index is 0.128. The quantitative estimate of drug-likeness (QED) is 0.819. The second-order valence-electron chi connectivity index (χ2n) is 5.30. The van der Waals surface area contributed by atoms with Gasteiger partial charge in [-0.25, -0.2) is 4.39 Å². The lowest BCUT2D eigenvalue weighted by molar-refractivity contribution is 0.133. The Labute approximate surface area is 119 Å². The Morgan fingerprint density at radius 2 is 2.30 bits per heavy atom. The molecule has 108 valence electrons. The highest BCUT2D eigenvalue weighted by Crippen LogP contribution is 2.26. The van der Waals surface area contributed by atoms with Crippen LogP contribution < -0.4 is 5.73 Å². The van der Waals surface area contributed by atoms with Crippen LogP contribution in [-0.2, 0) is 6.54 Å². The third-order valence-corrected chi connectivity index (χ3v) is 3.95. The number of hydrogen-bond acceptors (Lipinski definition) is 3. The maximum atomic E-state index is 14.1. The molecule has 1 aromatic rings. The van der Waals surface area contributed by atoms with E-state index in [1.54, 1.807) is 6.07 Å². The molecule has 3 N–H and O–H groups in total. The third-order valence-electron chi connectivity index (χ3n) is 3.95. The molecule has 1 saturated heterocycles. The van der Waals surface area contributed by atoms with E-state index >= 15 is 0 Å². The molecule has 0 radical (unpaired) electrons. The molecule has 2 rings (SSSR count). The third kappa shape index (κ3) is 3.37. The Kier molecular flexibility index (Phi) is 5.13. The van der Waals surface area contributed by atoms with Crippen molar-refractivity contribution in [3.63, 3.8) is 0 Å². The monoisotopic (exact) mass is 276 g/mol. The Hall–Kier alpha value is -1.41. The molecule has 0 saturated carbocycles. The van der Waals surface area contributed by atoms with Gasteiger partial charge in [0.1, 0.15) is 5.82 Å². The summed E-state index contributed by atoms with van der Waals surface area (Å²) in [5.41, 5.74) is 6.59. The maximum Gasteiger partial charge on any atom is 0.128 e. The number of aliphatic hydroxyl groups excluding tert-OH is 1. The van der Waals surface area contributed by atoms with Crippen molar-refractivity contribution in [2.75, 3.05) is 19.7 Å². The van der Waals surface area contributed by atoms with E-state index in [0.29, 0.717) is 23.6 Å². The van der Waals surface area contributed by atoms with Crippen molar-refractivity contribution >= 4 is 0 Å². The van der Waals surface area contributed by atoms with Crippen LogP contribution in [-0.4, -0.2) is 35.7 Å². The minimum atomic E-state index is -0.245. The standard InChI is InChI=1S/C16H21FN2O/c1-12-6-8-19(16(12)11-20)10-14-5-4-13(3-2-7-18)9-15(14)17/h4-5,9,12,16,20H,6-8,10-11,18H2,1H3. The lowest BCUT2D eigenvalue weighted by Crippen LogP contribution is -2.34. The highest BCUT2D eigenvalue weighted by atomic mass is 19.1. The van der Waals surface area contributed by atoms with Crippen LogP contribution in [0.2, 0.25) is 0 Å². The molecule has 1 heterocycles. The zero-order valence-electron chi connectivity index (χ0n) is 11.8. The van der Waals surface area contributed by atoms with E-state index in [2.05, 4.69) is 23.7 Å². The van der Waals surface area contributed by atoms with E-state index < -0.39 is 0 Å². The van der Waals surface area contributed by atoms with Crippen molar-refractivity contribution in [1.29, 1.82) is 0 Å². The molecule has 1 aromatic carbocycles. The molecule has 0 aliphatic carbocycles. The largest absolute Gasteiger partial charge is 0.395 e. The minimum Gasteiger partial charge on any atom is -0.395 e. The van der Waals surface area contributed by atoms with Gasteiger partial charge >= 0.3 is 0 Å². The smallest absolute Gasteiger partial charge is 0.128 e. The van der Waals surface area contributed by atoms with Crippen molar-refractivity contribution in [2.45, 2.75) is 25.9 Å². The molecule has 20 heavy (non-hydrogen) atoms. The molecule has 1 fully saturated rings. The number of nitrogens with two attached hydrogens (primary N) is 1. The number of likely N-dealkylation sites (tertiary alicyclic amines) is 1. The van der Waals surface area contributed by atoms with Crippen LogP contribution >= 0.6 is 0 Å². The van der Waals surface area contributed by atoms with Gasteiger partial charge in [-0.1, -0.05) is 24.8 Å². The summed E-state index contributed by atoms with van der Waals surface area (Å²) in [6.07, 6.45) is 1.05. The lowest BCUT2D eigenvalue weighted by atomic mass is 10.0. The topological polar surface area (TPSA) is 49.5 Å². The summed E-state index contributed by atoms with van der Waals surface area (Å²) in [6, 6.07) is 5.17. The van der Waals surface area contributed by atoms with Gasteiger partial charge in [-0.05, 0) is 31.0 Å². The summed E-state index contributed by atoms with van der Waals surface area (Å²) in [7, 11) is 0. The second-order valence-corrected chi connectivity index (χ2v) is 5.30. The van der Waals surface area contributed by atoms with Gasteiger partial charge in [-0.3, -0.25) is 4.90 Å². The Balaban J connectivity index is 2.10. The predicted molar refractivity (Wildman–Crippen MR) is 77.4 cm³/mol. The molecule has 0 bridgehead atoms. The first kappa shape index (κ1) is 15.0. The fraction of sp³-hybridized carbons (Fsp3) is 0.500. The van der Waals surface area contributed by atoms with Gasteiger partial charge in [0.2, 0.25) is 0 Å². The highest BCUT2D eigenvalue weighted by molar-refractivity contribution is 5.37. The first-order chi connectivity index (χ1) is 9.65. The van der Waals surface area contributed by atoms with Gasteiger partial charge < -0.3 is 10.8 Å². The van der Waals surface area contributed by atoms with E-state index in [-0.39, 0.29) is 25.0 Å². The van der Waals surface area contributed by atoms with Crippen LogP contribution in [0.25, 0.3) is 0 Å². The maximum absolute atomic E-state index is 14.1. The van der Waals surface area contributed by atoms with Crippen LogP contribution in [0.5, 0.6) is 0 Å². The summed E-state index contributed by atoms with van der Waals surface area (Å²) in [5.74, 6) is 5.75. The summed E-state index contributed by atoms with van der Waals surface area (Å²) in [4.78, 5) is 2.15. The Morgan fingerprint density at radius 1 is 1.50 bits per heavy atom. The number of aliphatic hydroxyl groups is 1. The molecule has 2 unspecified atom stereocenters. The average molecular weight is 276 g/mol. The van der Waals surface area contributed by atoms with Gasteiger partial charge in [0.15, 0.2) is 0 Å². The number of rotatable bonds is 3. The Bertz CT molecular complexity index is 521. The molecule has 0 aromatic heterocycles. The van der Waals surface area contributed by atoms with Crippen molar-refractivity contribution in [3.8, 4) is 11.8 Å². The van der Waals surface area contributed by atoms with Gasteiger partial charge in [0.05, 0.1) is 13.2 Å². The molecule has 2 atom stereocenters. The van der Waals surface area contributed by atoms with Gasteiger partial charge in [-0.15, -0.1) is 0 Å². The van der Waals surface area contributed by atoms with Crippen LogP contribution in [0.3, 0.4) is 0 Å². The zero-order chi connectivity index (χ0) is 14.5. The van der Waals surface area contributed by atoms with Crippen molar-refractivity contribution in [2.24, 2.45) is 11.7 Å². The first-order valence-corrected chi connectivity index (χ1v) is 6.98. The molecule has 0 spiro atoms. The number of halogens is 1. The van der Waals surface area contributed by atoms with Gasteiger partial charge in [0, 0.05) is 23.7 Å². The molecule has 1 aliphatic rings. The van der Waals surface area contributed by atoms with Crippen molar-refractivity contribution < 1.29 is 9.50 Å². The summed E-state index contributed by atoms with van der Waals surface area (Å²) < 4.78 is 14.1. The molecule has 0 amide bonds. The predicted octanol–water partition coefficient (Wildman–Crippen LogP) is 1.34. The summed E-state index contributed by atoms with van der Waals surface area (Å²) >= 11 is 0. The molecule has 1 aliphatic heterocycles. The average Bonchev–Trinajstić information content (AvgIpc) is 2.79. The summed E-state index contributed by atoms with van der Waals surface area (Å²) in [6.45, 7) is 3.96. The van der Waals surface area contributed by atoms with Gasteiger partial charge in [0.25, 0.3) is 0 Å². The summed E-state index contributed by atoms with van der Waals surface area (Å²) in [5, 5.41) is 9.43. The van der Waals surface area contributed by atoms with E-state index in [1.165, 1.54) is 6.07 Å². The SMILES string of the molecule is CC1CCN(Cc2ccc(C#CCN)cc2F)C1CO. The molecule has 3 nitrogen and oxygen atoms in total. The van der Waals surface area contributed by atoms with Crippen molar-refractivity contribution in [3.05, 3.63) is 35.1 Å². The zero-order valence-corrected chi connectivity index (χ0v) is 11.8. The fourth-order valence-corrected chi connectivity index (χ4v) is 2.70. The normalized spacial score (nSPS) is 22.6. The van der Waals surface area contributed by atoms with Crippen LogP contribution in [0, 0.1) is 23.6 Å². The van der Waals surface area contributed by atoms with E-state index in [4.69, 9.17) is 5.73 Å². The lowest BCUT2D eigenvalue weighted by Gasteiger charge is -2.25. The number of benzene rings is 1. The first-order valence-electron chi connectivity index (χ1n) is 6.98. The highest BCUT2D eigenvalue weighted by Gasteiger charge is 2.30. The molecular weight excluding hydrogens is 255 g/mol. The Morgan fingerprint density at radius 3 is 2.95 bits per heavy atom. The fourth-order valence-electron chi connectivity index (χ4n) is 2.70. The van der Waals surface area contributed by atoms with E-state index in [1.807, 2.05) is 6.07 Å².